The second-order valence-electron chi connectivity index (χ2n) is 18.6. The van der Waals surface area contributed by atoms with Crippen LogP contribution >= 0.6 is 0 Å². The highest BCUT2D eigenvalue weighted by Gasteiger charge is 2.47. The molecule has 314 valence electrons. The average molecular weight is 813 g/mol. The maximum Gasteiger partial charge on any atom is 0.0642 e. The van der Waals surface area contributed by atoms with Gasteiger partial charge in [0.15, 0.2) is 0 Å². The van der Waals surface area contributed by atoms with Crippen molar-refractivity contribution in [2.75, 3.05) is 9.80 Å². The predicted octanol–water partition coefficient (Wildman–Crippen LogP) is 17.0. The summed E-state index contributed by atoms with van der Waals surface area (Å²) < 4.78 is 0. The van der Waals surface area contributed by atoms with Crippen LogP contribution in [0.1, 0.15) is 110 Å². The van der Waals surface area contributed by atoms with Crippen LogP contribution < -0.4 is 9.80 Å². The smallest absolute Gasteiger partial charge is 0.0642 e. The Morgan fingerprint density at radius 3 is 1.55 bits per heavy atom. The van der Waals surface area contributed by atoms with Gasteiger partial charge in [0.05, 0.1) is 5.41 Å². The Labute approximate surface area is 372 Å². The zero-order valence-electron chi connectivity index (χ0n) is 38.9. The summed E-state index contributed by atoms with van der Waals surface area (Å²) in [7, 11) is 0. The quantitative estimate of drug-likeness (QED) is 0.146. The number of benzene rings is 5. The van der Waals surface area contributed by atoms with E-state index in [0.717, 1.165) is 42.0 Å². The highest BCUT2D eigenvalue weighted by Crippen LogP contribution is 2.58. The SMILES string of the molecule is C/C=C\C=C1/CC(/C=C\CC)=C(C)C12c1ccc(N(C3=CC(C)(C)CC=C3)c3ccc(C)c(C)c3)cc1C=Cc1cc(N(c3ccc(C)c(C)c3)c3ccc(C)c(C)c3)ccc12. The largest absolute Gasteiger partial charge is 0.311 e. The molecule has 5 aromatic carbocycles. The monoisotopic (exact) mass is 813 g/mol. The van der Waals surface area contributed by atoms with Crippen molar-refractivity contribution < 1.29 is 0 Å². The van der Waals surface area contributed by atoms with Crippen molar-refractivity contribution in [1.29, 1.82) is 0 Å². The lowest BCUT2D eigenvalue weighted by molar-refractivity contribution is 0.480. The van der Waals surface area contributed by atoms with E-state index in [2.05, 4.69) is 238 Å². The van der Waals surface area contributed by atoms with Gasteiger partial charge in [-0.15, -0.1) is 0 Å². The average Bonchev–Trinajstić information content (AvgIpc) is 3.43. The zero-order chi connectivity index (χ0) is 43.9. The maximum atomic E-state index is 2.47. The molecule has 2 nitrogen and oxygen atoms in total. The molecule has 0 aromatic heterocycles. The first-order chi connectivity index (χ1) is 29.7. The summed E-state index contributed by atoms with van der Waals surface area (Å²) in [5, 5.41) is 0. The van der Waals surface area contributed by atoms with Gasteiger partial charge in [-0.2, -0.15) is 0 Å². The van der Waals surface area contributed by atoms with E-state index >= 15 is 0 Å². The topological polar surface area (TPSA) is 6.48 Å². The molecule has 1 spiro atoms. The normalized spacial score (nSPS) is 18.5. The van der Waals surface area contributed by atoms with E-state index in [0.29, 0.717) is 0 Å². The summed E-state index contributed by atoms with van der Waals surface area (Å²) in [5.41, 5.74) is 23.7. The van der Waals surface area contributed by atoms with Gasteiger partial charge in [0.25, 0.3) is 0 Å². The molecule has 3 aliphatic carbocycles. The first kappa shape index (κ1) is 42.6. The standard InChI is InChI=1S/C60H64N2/c1-12-14-17-47-36-50(18-15-13-2)60(46(47)9)57-30-28-54(61(51-25-20-40(3)43(6)33-51)52-26-21-41(4)44(7)34-52)37-48(57)23-24-49-38-55(29-31-58(49)60)62(53-27-22-42(5)45(8)35-53)56-19-16-32-59(10,11)39-56/h13-31,33-35,37-39H,12,32,36H2,1-11H3/b15-13-,17-14-,50-18+. The highest BCUT2D eigenvalue weighted by molar-refractivity contribution is 5.88. The first-order valence-electron chi connectivity index (χ1n) is 22.6. The third-order valence-electron chi connectivity index (χ3n) is 13.8. The van der Waals surface area contributed by atoms with Crippen LogP contribution in [0.4, 0.5) is 28.4 Å². The molecular formula is C60H64N2. The number of allylic oxidation sites excluding steroid dienone is 11. The minimum atomic E-state index is -0.471. The number of hydrogen-bond donors (Lipinski definition) is 0. The number of nitrogens with zero attached hydrogens (tertiary/aromatic N) is 2. The lowest BCUT2D eigenvalue weighted by Crippen LogP contribution is -2.30. The van der Waals surface area contributed by atoms with Gasteiger partial charge in [-0.1, -0.05) is 111 Å². The Kier molecular flexibility index (Phi) is 11.7. The fourth-order valence-corrected chi connectivity index (χ4v) is 9.82. The minimum absolute atomic E-state index is 0.0557. The summed E-state index contributed by atoms with van der Waals surface area (Å²) in [4.78, 5) is 4.91. The molecule has 3 aliphatic rings. The van der Waals surface area contributed by atoms with Gasteiger partial charge in [-0.25, -0.2) is 0 Å². The molecule has 0 fully saturated rings. The number of anilines is 5. The summed E-state index contributed by atoms with van der Waals surface area (Å²) >= 11 is 0. The van der Waals surface area contributed by atoms with Crippen molar-refractivity contribution >= 4 is 40.6 Å². The molecule has 0 saturated heterocycles. The second kappa shape index (κ2) is 17.0. The molecule has 0 amide bonds. The zero-order valence-corrected chi connectivity index (χ0v) is 38.9. The third-order valence-corrected chi connectivity index (χ3v) is 13.8. The van der Waals surface area contributed by atoms with Gasteiger partial charge in [-0.05, 0) is 214 Å². The van der Waals surface area contributed by atoms with E-state index < -0.39 is 5.41 Å². The van der Waals surface area contributed by atoms with E-state index in [1.54, 1.807) is 0 Å². The van der Waals surface area contributed by atoms with Crippen LogP contribution in [-0.4, -0.2) is 0 Å². The summed E-state index contributed by atoms with van der Waals surface area (Å²) in [6.07, 6.45) is 26.3. The van der Waals surface area contributed by atoms with Crippen LogP contribution in [0.3, 0.4) is 0 Å². The Bertz CT molecular complexity index is 2740. The maximum absolute atomic E-state index is 2.47. The van der Waals surface area contributed by atoms with Gasteiger partial charge in [0.1, 0.15) is 0 Å². The number of aryl methyl sites for hydroxylation is 6. The van der Waals surface area contributed by atoms with Gasteiger partial charge in [-0.3, -0.25) is 0 Å². The van der Waals surface area contributed by atoms with E-state index in [-0.39, 0.29) is 5.41 Å². The molecule has 0 aliphatic heterocycles. The molecule has 0 bridgehead atoms. The molecule has 1 atom stereocenters. The Morgan fingerprint density at radius 1 is 0.581 bits per heavy atom. The van der Waals surface area contributed by atoms with E-state index in [1.807, 2.05) is 0 Å². The summed E-state index contributed by atoms with van der Waals surface area (Å²) in [5.74, 6) is 0. The van der Waals surface area contributed by atoms with Crippen molar-refractivity contribution in [2.45, 2.75) is 101 Å². The Morgan fingerprint density at radius 2 is 1.06 bits per heavy atom. The number of rotatable bonds is 9. The van der Waals surface area contributed by atoms with Crippen molar-refractivity contribution in [3.05, 3.63) is 218 Å². The van der Waals surface area contributed by atoms with Crippen LogP contribution in [-0.2, 0) is 5.41 Å². The molecule has 0 saturated carbocycles. The molecular weight excluding hydrogens is 749 g/mol. The van der Waals surface area contributed by atoms with Crippen LogP contribution in [0.2, 0.25) is 0 Å². The van der Waals surface area contributed by atoms with E-state index in [1.165, 1.54) is 83.7 Å². The molecule has 1 unspecified atom stereocenters. The summed E-state index contributed by atoms with van der Waals surface area (Å²) in [6, 6.07) is 35.1. The third kappa shape index (κ3) is 7.70. The molecule has 8 rings (SSSR count). The van der Waals surface area contributed by atoms with Crippen molar-refractivity contribution in [3.8, 4) is 0 Å². The molecule has 5 aromatic rings. The van der Waals surface area contributed by atoms with Crippen LogP contribution in [0, 0.1) is 47.0 Å². The molecule has 0 N–H and O–H groups in total. The lowest BCUT2D eigenvalue weighted by atomic mass is 9.65. The number of fused-ring (bicyclic) bond motifs is 4. The molecule has 2 heteroatoms. The first-order valence-corrected chi connectivity index (χ1v) is 22.6. The van der Waals surface area contributed by atoms with Crippen LogP contribution in [0.15, 0.2) is 162 Å². The van der Waals surface area contributed by atoms with E-state index in [4.69, 9.17) is 0 Å². The lowest BCUT2D eigenvalue weighted by Gasteiger charge is -2.38. The number of hydrogen-bond acceptors (Lipinski definition) is 2. The van der Waals surface area contributed by atoms with Crippen LogP contribution in [0.5, 0.6) is 0 Å². The highest BCUT2D eigenvalue weighted by atomic mass is 15.2. The van der Waals surface area contributed by atoms with E-state index in [9.17, 15) is 0 Å². The van der Waals surface area contributed by atoms with Gasteiger partial charge in [0, 0.05) is 34.1 Å². The van der Waals surface area contributed by atoms with Gasteiger partial charge in [0.2, 0.25) is 0 Å². The molecule has 0 heterocycles. The fraction of sp³-hybridized carbons (Fsp3) is 0.267. The Hall–Kier alpha value is -6.12. The van der Waals surface area contributed by atoms with Crippen molar-refractivity contribution in [2.24, 2.45) is 5.41 Å². The minimum Gasteiger partial charge on any atom is -0.311 e. The van der Waals surface area contributed by atoms with Gasteiger partial charge >= 0.3 is 0 Å². The molecule has 0 radical (unpaired) electrons. The Balaban J connectivity index is 1.40. The van der Waals surface area contributed by atoms with Gasteiger partial charge < -0.3 is 9.80 Å². The van der Waals surface area contributed by atoms with Crippen molar-refractivity contribution in [3.63, 3.8) is 0 Å². The predicted molar refractivity (Wildman–Crippen MR) is 270 cm³/mol. The molecule has 62 heavy (non-hydrogen) atoms. The van der Waals surface area contributed by atoms with Crippen molar-refractivity contribution in [1.82, 2.24) is 0 Å². The fourth-order valence-electron chi connectivity index (χ4n) is 9.82. The second-order valence-corrected chi connectivity index (χ2v) is 18.6. The van der Waals surface area contributed by atoms with Crippen LogP contribution in [0.25, 0.3) is 12.2 Å². The summed E-state index contributed by atoms with van der Waals surface area (Å²) in [6.45, 7) is 24.7.